The van der Waals surface area contributed by atoms with E-state index in [-0.39, 0.29) is 0 Å². The van der Waals surface area contributed by atoms with Gasteiger partial charge in [-0.3, -0.25) is 0 Å². The first-order valence-corrected chi connectivity index (χ1v) is 18.6. The Morgan fingerprint density at radius 2 is 0.865 bits per heavy atom. The standard InChI is InChI=1S/C45H27Br2N5/c46-31-25-32(47)27-34(26-31)52-38-17-9-7-15-35(38)36-23-24-40-41(42(36)52)37-16-8-10-18-39(37)51(40)33-21-19-30(20-22-33)45-49-43(28-11-3-1-4-12-28)48-44(50-45)29-13-5-2-6-14-29/h1-27H. The molecule has 0 fully saturated rings. The van der Waals surface area contributed by atoms with E-state index in [1.807, 2.05) is 60.7 Å². The topological polar surface area (TPSA) is 48.5 Å². The van der Waals surface area contributed by atoms with Gasteiger partial charge in [0.05, 0.1) is 22.1 Å². The third kappa shape index (κ3) is 5.07. The molecule has 246 valence electrons. The van der Waals surface area contributed by atoms with Gasteiger partial charge in [-0.05, 0) is 60.7 Å². The van der Waals surface area contributed by atoms with Crippen LogP contribution in [0.4, 0.5) is 0 Å². The molecule has 5 nitrogen and oxygen atoms in total. The molecule has 0 saturated heterocycles. The van der Waals surface area contributed by atoms with Crippen molar-refractivity contribution in [1.82, 2.24) is 24.1 Å². The van der Waals surface area contributed by atoms with E-state index >= 15 is 0 Å². The van der Waals surface area contributed by atoms with Crippen LogP contribution in [-0.2, 0) is 0 Å². The first-order chi connectivity index (χ1) is 25.6. The number of aromatic nitrogens is 5. The molecular formula is C45H27Br2N5. The van der Waals surface area contributed by atoms with Crippen molar-refractivity contribution in [2.75, 3.05) is 0 Å². The minimum absolute atomic E-state index is 0.632. The minimum atomic E-state index is 0.632. The fraction of sp³-hybridized carbons (Fsp3) is 0. The highest BCUT2D eigenvalue weighted by atomic mass is 79.9. The molecule has 10 rings (SSSR count). The molecule has 0 bridgehead atoms. The van der Waals surface area contributed by atoms with E-state index in [9.17, 15) is 0 Å². The molecular weight excluding hydrogens is 770 g/mol. The van der Waals surface area contributed by atoms with Crippen molar-refractivity contribution in [2.24, 2.45) is 0 Å². The predicted octanol–water partition coefficient (Wildman–Crippen LogP) is 12.6. The second-order valence-corrected chi connectivity index (χ2v) is 14.6. The summed E-state index contributed by atoms with van der Waals surface area (Å²) in [7, 11) is 0. The summed E-state index contributed by atoms with van der Waals surface area (Å²) in [5.74, 6) is 1.92. The second-order valence-electron chi connectivity index (χ2n) is 12.8. The van der Waals surface area contributed by atoms with Crippen LogP contribution < -0.4 is 0 Å². The lowest BCUT2D eigenvalue weighted by Crippen LogP contribution is -2.00. The summed E-state index contributed by atoms with van der Waals surface area (Å²) in [6.45, 7) is 0. The number of para-hydroxylation sites is 2. The fourth-order valence-corrected chi connectivity index (χ4v) is 8.69. The van der Waals surface area contributed by atoms with E-state index in [1.165, 1.54) is 32.6 Å². The zero-order valence-corrected chi connectivity index (χ0v) is 30.8. The molecule has 7 heteroatoms. The number of hydrogen-bond donors (Lipinski definition) is 0. The molecule has 10 aromatic rings. The summed E-state index contributed by atoms with van der Waals surface area (Å²) < 4.78 is 6.80. The summed E-state index contributed by atoms with van der Waals surface area (Å²) >= 11 is 7.49. The maximum absolute atomic E-state index is 4.96. The van der Waals surface area contributed by atoms with Gasteiger partial charge in [-0.15, -0.1) is 0 Å². The highest BCUT2D eigenvalue weighted by Gasteiger charge is 2.21. The number of nitrogens with zero attached hydrogens (tertiary/aromatic N) is 5. The van der Waals surface area contributed by atoms with Crippen molar-refractivity contribution >= 4 is 75.5 Å². The summed E-state index contributed by atoms with van der Waals surface area (Å²) in [5.41, 5.74) is 9.59. The molecule has 0 unspecified atom stereocenters. The van der Waals surface area contributed by atoms with E-state index in [0.29, 0.717) is 17.5 Å². The van der Waals surface area contributed by atoms with Crippen molar-refractivity contribution in [3.05, 3.63) is 173 Å². The summed E-state index contributed by atoms with van der Waals surface area (Å²) in [6, 6.07) is 57.1. The van der Waals surface area contributed by atoms with Gasteiger partial charge in [0.1, 0.15) is 0 Å². The Hall–Kier alpha value is -5.89. The van der Waals surface area contributed by atoms with Crippen LogP contribution in [0.5, 0.6) is 0 Å². The van der Waals surface area contributed by atoms with Crippen LogP contribution in [0, 0.1) is 0 Å². The van der Waals surface area contributed by atoms with Gasteiger partial charge in [0.15, 0.2) is 17.5 Å². The summed E-state index contributed by atoms with van der Waals surface area (Å²) in [4.78, 5) is 14.8. The molecule has 0 saturated carbocycles. The monoisotopic (exact) mass is 795 g/mol. The SMILES string of the molecule is Brc1cc(Br)cc(-n2c3ccccc3c3ccc4c(c5ccccc5n4-c4ccc(-c5nc(-c6ccccc6)nc(-c6ccccc6)n5)cc4)c32)c1. The van der Waals surface area contributed by atoms with Crippen LogP contribution in [0.2, 0.25) is 0 Å². The lowest BCUT2D eigenvalue weighted by atomic mass is 10.1. The van der Waals surface area contributed by atoms with Crippen LogP contribution in [0.3, 0.4) is 0 Å². The molecule has 0 aliphatic carbocycles. The third-order valence-corrected chi connectivity index (χ3v) is 10.6. The van der Waals surface area contributed by atoms with Crippen LogP contribution in [-0.4, -0.2) is 24.1 Å². The van der Waals surface area contributed by atoms with Crippen molar-refractivity contribution in [3.8, 4) is 45.5 Å². The van der Waals surface area contributed by atoms with Gasteiger partial charge in [-0.1, -0.05) is 135 Å². The number of halogens is 2. The average molecular weight is 798 g/mol. The first-order valence-electron chi connectivity index (χ1n) is 17.0. The highest BCUT2D eigenvalue weighted by molar-refractivity contribution is 9.11. The lowest BCUT2D eigenvalue weighted by Gasteiger charge is -2.12. The molecule has 7 aromatic carbocycles. The quantitative estimate of drug-likeness (QED) is 0.174. The van der Waals surface area contributed by atoms with Gasteiger partial charge in [0, 0.05) is 58.6 Å². The van der Waals surface area contributed by atoms with Gasteiger partial charge in [-0.2, -0.15) is 0 Å². The van der Waals surface area contributed by atoms with Gasteiger partial charge in [-0.25, -0.2) is 15.0 Å². The van der Waals surface area contributed by atoms with E-state index in [0.717, 1.165) is 48.0 Å². The molecule has 0 aliphatic heterocycles. The fourth-order valence-electron chi connectivity index (χ4n) is 7.42. The molecule has 0 N–H and O–H groups in total. The molecule has 0 radical (unpaired) electrons. The molecule has 0 aliphatic rings. The van der Waals surface area contributed by atoms with Crippen LogP contribution in [0.15, 0.2) is 173 Å². The Bertz CT molecular complexity index is 2890. The van der Waals surface area contributed by atoms with Gasteiger partial charge < -0.3 is 9.13 Å². The smallest absolute Gasteiger partial charge is 0.164 e. The number of benzene rings is 7. The summed E-state index contributed by atoms with van der Waals surface area (Å²) in [6.07, 6.45) is 0. The predicted molar refractivity (Wildman–Crippen MR) is 220 cm³/mol. The zero-order chi connectivity index (χ0) is 34.8. The maximum Gasteiger partial charge on any atom is 0.164 e. The van der Waals surface area contributed by atoms with E-state index in [2.05, 4.69) is 144 Å². The Morgan fingerprint density at radius 3 is 1.46 bits per heavy atom. The Balaban J connectivity index is 1.18. The molecule has 3 aromatic heterocycles. The lowest BCUT2D eigenvalue weighted by molar-refractivity contribution is 1.07. The Kier molecular flexibility index (Phi) is 7.37. The minimum Gasteiger partial charge on any atom is -0.309 e. The van der Waals surface area contributed by atoms with Crippen LogP contribution in [0.1, 0.15) is 0 Å². The number of fused-ring (bicyclic) bond motifs is 7. The molecule has 0 spiro atoms. The van der Waals surface area contributed by atoms with Crippen molar-refractivity contribution in [1.29, 1.82) is 0 Å². The third-order valence-electron chi connectivity index (χ3n) is 9.66. The number of rotatable bonds is 5. The highest BCUT2D eigenvalue weighted by Crippen LogP contribution is 2.42. The first kappa shape index (κ1) is 30.9. The molecule has 0 amide bonds. The van der Waals surface area contributed by atoms with Gasteiger partial charge in [0.25, 0.3) is 0 Å². The number of hydrogen-bond acceptors (Lipinski definition) is 3. The normalized spacial score (nSPS) is 11.7. The van der Waals surface area contributed by atoms with Crippen molar-refractivity contribution < 1.29 is 0 Å². The largest absolute Gasteiger partial charge is 0.309 e. The molecule has 52 heavy (non-hydrogen) atoms. The average Bonchev–Trinajstić information content (AvgIpc) is 3.71. The van der Waals surface area contributed by atoms with Crippen LogP contribution in [0.25, 0.3) is 89.2 Å². The maximum atomic E-state index is 4.96. The Labute approximate surface area is 316 Å². The van der Waals surface area contributed by atoms with E-state index in [4.69, 9.17) is 15.0 Å². The van der Waals surface area contributed by atoms with Gasteiger partial charge in [0.2, 0.25) is 0 Å². The van der Waals surface area contributed by atoms with Crippen molar-refractivity contribution in [2.45, 2.75) is 0 Å². The van der Waals surface area contributed by atoms with Gasteiger partial charge >= 0.3 is 0 Å². The van der Waals surface area contributed by atoms with E-state index in [1.54, 1.807) is 0 Å². The zero-order valence-electron chi connectivity index (χ0n) is 27.6. The Morgan fingerprint density at radius 1 is 0.365 bits per heavy atom. The second kappa shape index (κ2) is 12.4. The summed E-state index contributed by atoms with van der Waals surface area (Å²) in [5, 5.41) is 4.85. The molecule has 3 heterocycles. The van der Waals surface area contributed by atoms with Crippen molar-refractivity contribution in [3.63, 3.8) is 0 Å². The molecule has 0 atom stereocenters. The van der Waals surface area contributed by atoms with E-state index < -0.39 is 0 Å². The van der Waals surface area contributed by atoms with Crippen LogP contribution >= 0.6 is 31.9 Å².